The smallest absolute Gasteiger partial charge is 0.447 e. The van der Waals surface area contributed by atoms with Gasteiger partial charge in [0.15, 0.2) is 0 Å². The highest BCUT2D eigenvalue weighted by Gasteiger charge is 2.84. The van der Waals surface area contributed by atoms with E-state index in [1.54, 1.807) is 6.92 Å². The first kappa shape index (κ1) is 20.0. The zero-order valence-corrected chi connectivity index (χ0v) is 13.1. The number of carbonyl (C=O) groups is 1. The highest BCUT2D eigenvalue weighted by molar-refractivity contribution is 5.76. The van der Waals surface area contributed by atoms with Gasteiger partial charge in [-0.2, -0.15) is 22.0 Å². The molecular formula is C13H19F5O5. The third-order valence-corrected chi connectivity index (χ3v) is 4.00. The summed E-state index contributed by atoms with van der Waals surface area (Å²) >= 11 is 0. The first-order chi connectivity index (χ1) is 10.2. The van der Waals surface area contributed by atoms with Crippen molar-refractivity contribution < 1.29 is 46.1 Å². The van der Waals surface area contributed by atoms with Gasteiger partial charge < -0.3 is 19.3 Å². The maximum atomic E-state index is 14.4. The average molecular weight is 350 g/mol. The van der Waals surface area contributed by atoms with Crippen LogP contribution in [0.15, 0.2) is 0 Å². The quantitative estimate of drug-likeness (QED) is 0.609. The molecule has 0 bridgehead atoms. The normalized spacial score (nSPS) is 31.2. The van der Waals surface area contributed by atoms with E-state index >= 15 is 0 Å². The molecule has 1 aliphatic rings. The third kappa shape index (κ3) is 2.91. The van der Waals surface area contributed by atoms with Crippen molar-refractivity contribution in [2.45, 2.75) is 50.7 Å². The van der Waals surface area contributed by atoms with Crippen LogP contribution in [0.2, 0.25) is 0 Å². The predicted octanol–water partition coefficient (Wildman–Crippen LogP) is 2.27. The number of rotatable bonds is 5. The van der Waals surface area contributed by atoms with Gasteiger partial charge in [-0.15, -0.1) is 0 Å². The van der Waals surface area contributed by atoms with Gasteiger partial charge in [0.25, 0.3) is 0 Å². The number of methoxy groups -OCH3 is 1. The van der Waals surface area contributed by atoms with Crippen LogP contribution >= 0.6 is 0 Å². The molecule has 0 spiro atoms. The van der Waals surface area contributed by atoms with E-state index in [9.17, 15) is 31.9 Å². The summed E-state index contributed by atoms with van der Waals surface area (Å²) in [6.07, 6.45) is -5.59. The van der Waals surface area contributed by atoms with E-state index in [-0.39, 0.29) is 6.42 Å². The lowest BCUT2D eigenvalue weighted by atomic mass is 9.88. The van der Waals surface area contributed by atoms with E-state index in [4.69, 9.17) is 4.74 Å². The van der Waals surface area contributed by atoms with E-state index in [0.29, 0.717) is 0 Å². The molecule has 0 saturated carbocycles. The first-order valence-electron chi connectivity index (χ1n) is 6.74. The summed E-state index contributed by atoms with van der Waals surface area (Å²) in [5, 5.41) is 9.35. The Labute approximate surface area is 129 Å². The molecule has 2 unspecified atom stereocenters. The van der Waals surface area contributed by atoms with Gasteiger partial charge in [0.1, 0.15) is 0 Å². The summed E-state index contributed by atoms with van der Waals surface area (Å²) in [5.41, 5.74) is -4.30. The number of halogens is 5. The van der Waals surface area contributed by atoms with Gasteiger partial charge in [0, 0.05) is 7.11 Å². The van der Waals surface area contributed by atoms with E-state index < -0.39 is 48.1 Å². The van der Waals surface area contributed by atoms with Crippen molar-refractivity contribution in [3.63, 3.8) is 0 Å². The lowest BCUT2D eigenvalue weighted by molar-refractivity contribution is -0.410. The lowest BCUT2D eigenvalue weighted by Gasteiger charge is -2.38. The predicted molar refractivity (Wildman–Crippen MR) is 66.7 cm³/mol. The van der Waals surface area contributed by atoms with Crippen molar-refractivity contribution in [1.29, 1.82) is 0 Å². The first-order valence-corrected chi connectivity index (χ1v) is 6.74. The van der Waals surface area contributed by atoms with Crippen molar-refractivity contribution in [3.8, 4) is 0 Å². The Morgan fingerprint density at radius 1 is 1.30 bits per heavy atom. The molecule has 2 atom stereocenters. The molecule has 0 aromatic rings. The van der Waals surface area contributed by atoms with Crippen LogP contribution in [0.5, 0.6) is 0 Å². The van der Waals surface area contributed by atoms with Gasteiger partial charge in [-0.05, 0) is 20.3 Å². The minimum Gasteiger partial charge on any atom is -0.447 e. The third-order valence-electron chi connectivity index (χ3n) is 4.00. The topological polar surface area (TPSA) is 65.0 Å². The van der Waals surface area contributed by atoms with E-state index in [2.05, 4.69) is 9.47 Å². The Morgan fingerprint density at radius 2 is 1.83 bits per heavy atom. The summed E-state index contributed by atoms with van der Waals surface area (Å²) in [5.74, 6) is -10.9. The minimum atomic E-state index is -5.79. The molecule has 1 rings (SSSR count). The van der Waals surface area contributed by atoms with Crippen LogP contribution in [-0.2, 0) is 19.0 Å². The van der Waals surface area contributed by atoms with Crippen LogP contribution < -0.4 is 0 Å². The summed E-state index contributed by atoms with van der Waals surface area (Å²) < 4.78 is 80.4. The van der Waals surface area contributed by atoms with Gasteiger partial charge >= 0.3 is 23.9 Å². The van der Waals surface area contributed by atoms with Crippen molar-refractivity contribution in [3.05, 3.63) is 0 Å². The van der Waals surface area contributed by atoms with Gasteiger partial charge in [-0.3, -0.25) is 4.79 Å². The fraction of sp³-hybridized carbons (Fsp3) is 0.923. The SMILES string of the molecule is CCC(C)(C)C(=O)OC1(COC)COC(O)(C(F)(F)F)C1(F)F. The summed E-state index contributed by atoms with van der Waals surface area (Å²) in [4.78, 5) is 12.1. The summed E-state index contributed by atoms with van der Waals surface area (Å²) in [6, 6.07) is 0. The lowest BCUT2D eigenvalue weighted by Crippen LogP contribution is -2.66. The van der Waals surface area contributed by atoms with Gasteiger partial charge in [0.05, 0.1) is 18.6 Å². The maximum Gasteiger partial charge on any atom is 0.449 e. The number of alkyl halides is 5. The number of carbonyl (C=O) groups excluding carboxylic acids is 1. The molecule has 10 heteroatoms. The number of ether oxygens (including phenoxy) is 3. The van der Waals surface area contributed by atoms with E-state index in [1.165, 1.54) is 13.8 Å². The molecule has 0 aromatic carbocycles. The minimum absolute atomic E-state index is 0.199. The maximum absolute atomic E-state index is 14.4. The zero-order valence-electron chi connectivity index (χ0n) is 13.1. The van der Waals surface area contributed by atoms with Crippen molar-refractivity contribution in [2.75, 3.05) is 20.3 Å². The van der Waals surface area contributed by atoms with E-state index in [1.807, 2.05) is 0 Å². The molecular weight excluding hydrogens is 331 g/mol. The van der Waals surface area contributed by atoms with Crippen LogP contribution in [0.1, 0.15) is 27.2 Å². The highest BCUT2D eigenvalue weighted by atomic mass is 19.4. The molecule has 5 nitrogen and oxygen atoms in total. The summed E-state index contributed by atoms with van der Waals surface area (Å²) in [7, 11) is 0.946. The monoisotopic (exact) mass is 350 g/mol. The molecule has 1 N–H and O–H groups in total. The van der Waals surface area contributed by atoms with Crippen LogP contribution in [0.4, 0.5) is 22.0 Å². The van der Waals surface area contributed by atoms with Crippen LogP contribution in [0.25, 0.3) is 0 Å². The zero-order chi connectivity index (χ0) is 18.3. The van der Waals surface area contributed by atoms with Crippen LogP contribution in [0, 0.1) is 5.41 Å². The molecule has 1 fully saturated rings. The largest absolute Gasteiger partial charge is 0.449 e. The second-order valence-electron chi connectivity index (χ2n) is 6.06. The Bertz CT molecular complexity index is 464. The number of hydrogen-bond acceptors (Lipinski definition) is 5. The number of aliphatic hydroxyl groups is 1. The molecule has 1 aliphatic heterocycles. The van der Waals surface area contributed by atoms with Crippen molar-refractivity contribution in [1.82, 2.24) is 0 Å². The molecule has 0 aliphatic carbocycles. The molecule has 1 heterocycles. The van der Waals surface area contributed by atoms with Crippen LogP contribution in [0.3, 0.4) is 0 Å². The summed E-state index contributed by atoms with van der Waals surface area (Å²) in [6.45, 7) is 1.92. The average Bonchev–Trinajstić information content (AvgIpc) is 2.61. The molecule has 0 radical (unpaired) electrons. The van der Waals surface area contributed by atoms with Crippen molar-refractivity contribution >= 4 is 5.97 Å². The molecule has 0 aromatic heterocycles. The van der Waals surface area contributed by atoms with Crippen molar-refractivity contribution in [2.24, 2.45) is 5.41 Å². The molecule has 1 saturated heterocycles. The molecule has 23 heavy (non-hydrogen) atoms. The molecule has 0 amide bonds. The fourth-order valence-corrected chi connectivity index (χ4v) is 1.92. The number of esters is 1. The fourth-order valence-electron chi connectivity index (χ4n) is 1.92. The van der Waals surface area contributed by atoms with Gasteiger partial charge in [0.2, 0.25) is 5.60 Å². The van der Waals surface area contributed by atoms with Crippen LogP contribution in [-0.4, -0.2) is 54.9 Å². The van der Waals surface area contributed by atoms with Gasteiger partial charge in [-0.25, -0.2) is 0 Å². The Kier molecular flexibility index (Phi) is 5.07. The highest BCUT2D eigenvalue weighted by Crippen LogP contribution is 2.55. The Morgan fingerprint density at radius 3 is 2.17 bits per heavy atom. The number of hydrogen-bond donors (Lipinski definition) is 1. The Balaban J connectivity index is 3.29. The second kappa shape index (κ2) is 5.82. The standard InChI is InChI=1S/C13H19F5O5/c1-5-9(2,3)8(19)23-10(6-21-4)7-22-12(20,11(10,14)15)13(16,17)18/h20H,5-7H2,1-4H3. The molecule has 136 valence electrons. The second-order valence-corrected chi connectivity index (χ2v) is 6.06. The van der Waals surface area contributed by atoms with E-state index in [0.717, 1.165) is 7.11 Å². The van der Waals surface area contributed by atoms with Gasteiger partial charge in [-0.1, -0.05) is 6.92 Å². The Hall–Kier alpha value is -1.00.